The Hall–Kier alpha value is -1.02. The van der Waals surface area contributed by atoms with E-state index in [9.17, 15) is 0 Å². The van der Waals surface area contributed by atoms with Gasteiger partial charge in [-0.15, -0.1) is 0 Å². The van der Waals surface area contributed by atoms with Crippen LogP contribution in [-0.4, -0.2) is 18.6 Å². The second-order valence-electron chi connectivity index (χ2n) is 3.89. The largest absolute Gasteiger partial charge is 0.391 e. The number of fused-ring (bicyclic) bond motifs is 3. The molecule has 2 heterocycles. The average molecular weight is 173 g/mol. The molecule has 0 spiro atoms. The fourth-order valence-electron chi connectivity index (χ4n) is 2.51. The first-order valence-corrected chi connectivity index (χ1v) is 4.87. The first-order chi connectivity index (χ1) is 6.45. The Kier molecular flexibility index (Phi) is 1.56. The van der Waals surface area contributed by atoms with E-state index in [1.807, 2.05) is 6.08 Å². The molecule has 0 aromatic rings. The maximum atomic E-state index is 3.60. The summed E-state index contributed by atoms with van der Waals surface area (Å²) in [6.07, 6.45) is 14.1. The first-order valence-electron chi connectivity index (χ1n) is 4.87. The molecule has 2 aliphatic heterocycles. The fourth-order valence-corrected chi connectivity index (χ4v) is 2.51. The minimum absolute atomic E-state index is 0.504. The second-order valence-corrected chi connectivity index (χ2v) is 3.89. The van der Waals surface area contributed by atoms with Crippen LogP contribution in [0, 0.1) is 17.9 Å². The lowest BCUT2D eigenvalue weighted by Gasteiger charge is -2.24. The molecule has 0 saturated carbocycles. The molecule has 4 unspecified atom stereocenters. The van der Waals surface area contributed by atoms with Crippen molar-refractivity contribution in [2.24, 2.45) is 11.8 Å². The SMILES string of the molecule is [C]1=CC=CC2NC3C=CNCC3C12. The van der Waals surface area contributed by atoms with Crippen LogP contribution < -0.4 is 10.6 Å². The summed E-state index contributed by atoms with van der Waals surface area (Å²) in [7, 11) is 0. The quantitative estimate of drug-likeness (QED) is 0.560. The van der Waals surface area contributed by atoms with Crippen LogP contribution in [0.4, 0.5) is 0 Å². The maximum absolute atomic E-state index is 3.60. The Balaban J connectivity index is 1.91. The molecule has 0 aromatic heterocycles. The molecule has 1 radical (unpaired) electrons. The molecule has 0 aromatic carbocycles. The fraction of sp³-hybridized carbons (Fsp3) is 0.455. The summed E-state index contributed by atoms with van der Waals surface area (Å²) >= 11 is 0. The summed E-state index contributed by atoms with van der Waals surface area (Å²) in [6.45, 7) is 1.07. The molecule has 0 bridgehead atoms. The van der Waals surface area contributed by atoms with Gasteiger partial charge in [-0.25, -0.2) is 0 Å². The summed E-state index contributed by atoms with van der Waals surface area (Å²) in [5.74, 6) is 1.24. The minimum Gasteiger partial charge on any atom is -0.391 e. The van der Waals surface area contributed by atoms with Gasteiger partial charge in [-0.2, -0.15) is 0 Å². The lowest BCUT2D eigenvalue weighted by Crippen LogP contribution is -2.35. The molecule has 2 nitrogen and oxygen atoms in total. The molecular weight excluding hydrogens is 160 g/mol. The van der Waals surface area contributed by atoms with Crippen molar-refractivity contribution in [2.45, 2.75) is 12.1 Å². The van der Waals surface area contributed by atoms with Crippen molar-refractivity contribution in [3.8, 4) is 0 Å². The van der Waals surface area contributed by atoms with E-state index in [-0.39, 0.29) is 0 Å². The standard InChI is InChI=1S/C11H13N2/c1-2-4-10-8(3-1)9-7-12-6-5-11(9)13-10/h1-2,4-6,8-13H,7H2. The van der Waals surface area contributed by atoms with Crippen LogP contribution in [0.25, 0.3) is 0 Å². The topological polar surface area (TPSA) is 24.1 Å². The van der Waals surface area contributed by atoms with Crippen molar-refractivity contribution in [1.82, 2.24) is 10.6 Å². The van der Waals surface area contributed by atoms with Crippen molar-refractivity contribution in [1.29, 1.82) is 0 Å². The van der Waals surface area contributed by atoms with Gasteiger partial charge in [0, 0.05) is 30.5 Å². The van der Waals surface area contributed by atoms with E-state index >= 15 is 0 Å². The van der Waals surface area contributed by atoms with Gasteiger partial charge in [-0.05, 0) is 12.3 Å². The Labute approximate surface area is 78.4 Å². The molecule has 3 aliphatic rings. The van der Waals surface area contributed by atoms with E-state index in [1.165, 1.54) is 0 Å². The van der Waals surface area contributed by atoms with Crippen LogP contribution in [0.1, 0.15) is 0 Å². The van der Waals surface area contributed by atoms with E-state index in [0.29, 0.717) is 23.9 Å². The normalized spacial score (nSPS) is 45.5. The third kappa shape index (κ3) is 1.05. The molecule has 1 saturated heterocycles. The van der Waals surface area contributed by atoms with Gasteiger partial charge in [0.2, 0.25) is 0 Å². The van der Waals surface area contributed by atoms with E-state index in [2.05, 4.69) is 41.1 Å². The third-order valence-corrected chi connectivity index (χ3v) is 3.17. The Morgan fingerprint density at radius 3 is 3.23 bits per heavy atom. The lowest BCUT2D eigenvalue weighted by molar-refractivity contribution is 0.404. The highest BCUT2D eigenvalue weighted by Crippen LogP contribution is 2.32. The number of allylic oxidation sites excluding steroid dienone is 2. The number of hydrogen-bond donors (Lipinski definition) is 2. The number of rotatable bonds is 0. The van der Waals surface area contributed by atoms with Crippen LogP contribution in [0.5, 0.6) is 0 Å². The molecule has 13 heavy (non-hydrogen) atoms. The summed E-state index contributed by atoms with van der Waals surface area (Å²) in [5, 5.41) is 6.89. The summed E-state index contributed by atoms with van der Waals surface area (Å²) in [4.78, 5) is 0. The van der Waals surface area contributed by atoms with Crippen molar-refractivity contribution in [3.63, 3.8) is 0 Å². The molecule has 0 amide bonds. The number of nitrogens with one attached hydrogen (secondary N) is 2. The second kappa shape index (κ2) is 2.74. The molecule has 67 valence electrons. The zero-order valence-corrected chi connectivity index (χ0v) is 7.40. The monoisotopic (exact) mass is 173 g/mol. The van der Waals surface area contributed by atoms with Crippen LogP contribution in [0.2, 0.25) is 0 Å². The zero-order chi connectivity index (χ0) is 8.67. The van der Waals surface area contributed by atoms with Gasteiger partial charge in [0.25, 0.3) is 0 Å². The summed E-state index contributed by atoms with van der Waals surface area (Å²) in [6, 6.07) is 1.05. The van der Waals surface area contributed by atoms with E-state index < -0.39 is 0 Å². The van der Waals surface area contributed by atoms with Crippen molar-refractivity contribution >= 4 is 0 Å². The Morgan fingerprint density at radius 2 is 2.23 bits per heavy atom. The minimum atomic E-state index is 0.504. The van der Waals surface area contributed by atoms with Gasteiger partial charge in [-0.1, -0.05) is 24.3 Å². The number of hydrogen-bond acceptors (Lipinski definition) is 2. The van der Waals surface area contributed by atoms with Crippen LogP contribution in [0.3, 0.4) is 0 Å². The first kappa shape index (κ1) is 7.39. The summed E-state index contributed by atoms with van der Waals surface area (Å²) < 4.78 is 0. The van der Waals surface area contributed by atoms with Gasteiger partial charge in [0.1, 0.15) is 0 Å². The molecule has 1 fully saturated rings. The van der Waals surface area contributed by atoms with Crippen molar-refractivity contribution in [3.05, 3.63) is 36.6 Å². The van der Waals surface area contributed by atoms with Gasteiger partial charge in [-0.3, -0.25) is 0 Å². The molecule has 2 N–H and O–H groups in total. The third-order valence-electron chi connectivity index (χ3n) is 3.17. The predicted molar refractivity (Wildman–Crippen MR) is 51.8 cm³/mol. The van der Waals surface area contributed by atoms with Crippen molar-refractivity contribution in [2.75, 3.05) is 6.54 Å². The van der Waals surface area contributed by atoms with Crippen molar-refractivity contribution < 1.29 is 0 Å². The van der Waals surface area contributed by atoms with Crippen LogP contribution in [-0.2, 0) is 0 Å². The van der Waals surface area contributed by atoms with E-state index in [0.717, 1.165) is 6.54 Å². The molecule has 2 heteroatoms. The lowest BCUT2D eigenvalue weighted by atomic mass is 9.84. The molecular formula is C11H13N2. The zero-order valence-electron chi connectivity index (χ0n) is 7.40. The van der Waals surface area contributed by atoms with E-state index in [1.54, 1.807) is 0 Å². The smallest absolute Gasteiger partial charge is 0.0331 e. The molecule has 1 aliphatic carbocycles. The highest BCUT2D eigenvalue weighted by molar-refractivity contribution is 5.22. The highest BCUT2D eigenvalue weighted by Gasteiger charge is 2.40. The maximum Gasteiger partial charge on any atom is 0.0331 e. The predicted octanol–water partition coefficient (Wildman–Crippen LogP) is 0.605. The van der Waals surface area contributed by atoms with Gasteiger partial charge < -0.3 is 10.6 Å². The molecule has 4 atom stereocenters. The average Bonchev–Trinajstić information content (AvgIpc) is 2.56. The highest BCUT2D eigenvalue weighted by atomic mass is 15.0. The van der Waals surface area contributed by atoms with Crippen LogP contribution in [0.15, 0.2) is 30.5 Å². The Morgan fingerprint density at radius 1 is 1.23 bits per heavy atom. The van der Waals surface area contributed by atoms with Gasteiger partial charge >= 0.3 is 0 Å². The van der Waals surface area contributed by atoms with Crippen LogP contribution >= 0.6 is 0 Å². The molecule has 3 rings (SSSR count). The van der Waals surface area contributed by atoms with E-state index in [4.69, 9.17) is 0 Å². The Bertz CT molecular complexity index is 290. The van der Waals surface area contributed by atoms with Gasteiger partial charge in [0.05, 0.1) is 0 Å². The summed E-state index contributed by atoms with van der Waals surface area (Å²) in [5.41, 5.74) is 0. The van der Waals surface area contributed by atoms with Gasteiger partial charge in [0.15, 0.2) is 0 Å².